The smallest absolute Gasteiger partial charge is 0.161 e. The van der Waals surface area contributed by atoms with Gasteiger partial charge in [-0.15, -0.1) is 0 Å². The number of rotatable bonds is 3. The number of ether oxygens (including phenoxy) is 1. The van der Waals surface area contributed by atoms with Crippen LogP contribution in [0.4, 0.5) is 5.69 Å². The average molecular weight is 386 g/mol. The van der Waals surface area contributed by atoms with Crippen LogP contribution in [0, 0.1) is 0 Å². The van der Waals surface area contributed by atoms with Crippen LogP contribution >= 0.6 is 0 Å². The van der Waals surface area contributed by atoms with Crippen LogP contribution in [-0.2, 0) is 4.79 Å². The Morgan fingerprint density at radius 1 is 1.21 bits per heavy atom. The highest BCUT2D eigenvalue weighted by Crippen LogP contribution is 2.48. The number of allylic oxidation sites excluding steroid dienone is 2. The third-order valence-corrected chi connectivity index (χ3v) is 5.76. The lowest BCUT2D eigenvalue weighted by atomic mass is 9.74. The fourth-order valence-electron chi connectivity index (χ4n) is 4.55. The van der Waals surface area contributed by atoms with Gasteiger partial charge in [-0.1, -0.05) is 12.1 Å². The highest BCUT2D eigenvalue weighted by molar-refractivity contribution is 6.03. The van der Waals surface area contributed by atoms with Crippen molar-refractivity contribution in [3.05, 3.63) is 71.1 Å². The minimum absolute atomic E-state index is 0.105. The number of ketones is 1. The molecule has 3 aromatic rings. The van der Waals surface area contributed by atoms with E-state index in [2.05, 4.69) is 16.4 Å². The van der Waals surface area contributed by atoms with Gasteiger partial charge in [0.1, 0.15) is 0 Å². The van der Waals surface area contributed by atoms with Crippen LogP contribution in [0.5, 0.6) is 11.5 Å². The molecule has 5 heteroatoms. The van der Waals surface area contributed by atoms with Crippen LogP contribution in [0.1, 0.15) is 43.2 Å². The lowest BCUT2D eigenvalue weighted by Crippen LogP contribution is -2.27. The third-order valence-electron chi connectivity index (χ3n) is 5.76. The summed E-state index contributed by atoms with van der Waals surface area (Å²) in [6, 6.07) is 13.4. The van der Waals surface area contributed by atoms with Crippen molar-refractivity contribution < 1.29 is 14.6 Å². The van der Waals surface area contributed by atoms with Crippen molar-refractivity contribution in [2.75, 3.05) is 11.9 Å². The largest absolute Gasteiger partial charge is 0.504 e. The number of Topliss-reactive ketones (excluding diaryl/α,β-unsaturated/α-hetero) is 1. The summed E-state index contributed by atoms with van der Waals surface area (Å²) in [5.41, 5.74) is 5.73. The second-order valence-electron chi connectivity index (χ2n) is 7.48. The van der Waals surface area contributed by atoms with Crippen LogP contribution in [0.15, 0.2) is 59.9 Å². The number of benzene rings is 2. The summed E-state index contributed by atoms with van der Waals surface area (Å²) in [4.78, 5) is 17.5. The van der Waals surface area contributed by atoms with Crippen LogP contribution < -0.4 is 10.1 Å². The summed E-state index contributed by atoms with van der Waals surface area (Å²) in [5, 5.41) is 14.7. The van der Waals surface area contributed by atoms with Crippen molar-refractivity contribution in [2.45, 2.75) is 32.1 Å². The molecule has 0 saturated carbocycles. The highest BCUT2D eigenvalue weighted by Gasteiger charge is 2.36. The van der Waals surface area contributed by atoms with E-state index in [4.69, 9.17) is 4.74 Å². The Bertz CT molecular complexity index is 1170. The summed E-state index contributed by atoms with van der Waals surface area (Å²) < 4.78 is 5.63. The van der Waals surface area contributed by atoms with E-state index < -0.39 is 0 Å². The molecule has 1 aliphatic carbocycles. The van der Waals surface area contributed by atoms with E-state index in [-0.39, 0.29) is 17.5 Å². The fraction of sp³-hybridized carbons (Fsp3) is 0.250. The van der Waals surface area contributed by atoms with Gasteiger partial charge in [-0.05, 0) is 61.2 Å². The third kappa shape index (κ3) is 2.85. The minimum atomic E-state index is -0.221. The minimum Gasteiger partial charge on any atom is -0.504 e. The summed E-state index contributed by atoms with van der Waals surface area (Å²) >= 11 is 0. The van der Waals surface area contributed by atoms with Crippen molar-refractivity contribution in [3.63, 3.8) is 0 Å². The Balaban J connectivity index is 1.80. The molecule has 0 fully saturated rings. The van der Waals surface area contributed by atoms with E-state index in [1.165, 1.54) is 0 Å². The van der Waals surface area contributed by atoms with Gasteiger partial charge in [-0.25, -0.2) is 0 Å². The maximum absolute atomic E-state index is 13.0. The second kappa shape index (κ2) is 6.92. The first-order chi connectivity index (χ1) is 14.2. The van der Waals surface area contributed by atoms with E-state index in [0.717, 1.165) is 51.8 Å². The molecule has 2 N–H and O–H groups in total. The van der Waals surface area contributed by atoms with Gasteiger partial charge in [0.2, 0.25) is 0 Å². The number of fused-ring (bicyclic) bond motifs is 3. The first kappa shape index (κ1) is 17.7. The Morgan fingerprint density at radius 2 is 2.10 bits per heavy atom. The number of aromatic nitrogens is 1. The standard InChI is InChI=1S/C24H22N2O3/c1-2-29-21-13-14(8-11-19(21)27)22-23-15-5-4-12-25-16(15)9-10-18(23)26-17-6-3-7-20(28)24(17)22/h4-5,8-13,22,26-27H,2-3,6-7H2,1H3/t22-/m1/s1. The number of phenolic OH excluding ortho intramolecular Hbond substituents is 1. The van der Waals surface area contributed by atoms with Gasteiger partial charge in [0, 0.05) is 40.9 Å². The molecule has 0 unspecified atom stereocenters. The molecular weight excluding hydrogens is 364 g/mol. The number of carbonyl (C=O) groups is 1. The molecule has 2 aromatic carbocycles. The van der Waals surface area contributed by atoms with E-state index >= 15 is 0 Å². The predicted octanol–water partition coefficient (Wildman–Crippen LogP) is 4.90. The van der Waals surface area contributed by atoms with Crippen molar-refractivity contribution in [1.82, 2.24) is 4.98 Å². The van der Waals surface area contributed by atoms with Crippen molar-refractivity contribution >= 4 is 22.4 Å². The number of hydrogen-bond acceptors (Lipinski definition) is 5. The SMILES string of the molecule is CCOc1cc([C@H]2C3=C(CCCC3=O)Nc3ccc4ncccc4c32)ccc1O. The van der Waals surface area contributed by atoms with Gasteiger partial charge in [-0.2, -0.15) is 0 Å². The first-order valence-electron chi connectivity index (χ1n) is 10.0. The molecule has 5 rings (SSSR count). The number of aromatic hydroxyl groups is 1. The maximum atomic E-state index is 13.0. The molecule has 0 bridgehead atoms. The van der Waals surface area contributed by atoms with Crippen molar-refractivity contribution in [3.8, 4) is 11.5 Å². The molecule has 1 aliphatic heterocycles. The summed E-state index contributed by atoms with van der Waals surface area (Å²) in [7, 11) is 0. The molecule has 2 heterocycles. The average Bonchev–Trinajstić information content (AvgIpc) is 2.74. The Hall–Kier alpha value is -3.34. The molecule has 0 radical (unpaired) electrons. The molecule has 29 heavy (non-hydrogen) atoms. The zero-order chi connectivity index (χ0) is 20.0. The Morgan fingerprint density at radius 3 is 2.97 bits per heavy atom. The quantitative estimate of drug-likeness (QED) is 0.670. The zero-order valence-corrected chi connectivity index (χ0v) is 16.2. The first-order valence-corrected chi connectivity index (χ1v) is 10.0. The van der Waals surface area contributed by atoms with E-state index in [1.54, 1.807) is 12.3 Å². The summed E-state index contributed by atoms with van der Waals surface area (Å²) in [6.45, 7) is 2.34. The van der Waals surface area contributed by atoms with Gasteiger partial charge in [0.15, 0.2) is 17.3 Å². The number of phenols is 1. The van der Waals surface area contributed by atoms with Gasteiger partial charge in [0.25, 0.3) is 0 Å². The molecular formula is C24H22N2O3. The monoisotopic (exact) mass is 386 g/mol. The van der Waals surface area contributed by atoms with Crippen molar-refractivity contribution in [2.24, 2.45) is 0 Å². The second-order valence-corrected chi connectivity index (χ2v) is 7.48. The normalized spacial score (nSPS) is 18.2. The van der Waals surface area contributed by atoms with Gasteiger partial charge >= 0.3 is 0 Å². The van der Waals surface area contributed by atoms with E-state index in [9.17, 15) is 9.90 Å². The summed E-state index contributed by atoms with van der Waals surface area (Å²) in [5.74, 6) is 0.505. The van der Waals surface area contributed by atoms with E-state index in [0.29, 0.717) is 18.8 Å². The summed E-state index contributed by atoms with van der Waals surface area (Å²) in [6.07, 6.45) is 4.07. The number of pyridine rings is 1. The lowest BCUT2D eigenvalue weighted by molar-refractivity contribution is -0.116. The number of anilines is 1. The predicted molar refractivity (Wildman–Crippen MR) is 112 cm³/mol. The molecule has 0 spiro atoms. The molecule has 1 aromatic heterocycles. The number of nitrogens with one attached hydrogen (secondary N) is 1. The maximum Gasteiger partial charge on any atom is 0.161 e. The number of nitrogens with zero attached hydrogens (tertiary/aromatic N) is 1. The van der Waals surface area contributed by atoms with Crippen LogP contribution in [0.2, 0.25) is 0 Å². The number of carbonyl (C=O) groups excluding carboxylic acids is 1. The molecule has 0 amide bonds. The number of hydrogen-bond donors (Lipinski definition) is 2. The van der Waals surface area contributed by atoms with Crippen LogP contribution in [0.25, 0.3) is 10.9 Å². The Kier molecular flexibility index (Phi) is 4.23. The molecule has 1 atom stereocenters. The van der Waals surface area contributed by atoms with Crippen LogP contribution in [-0.4, -0.2) is 22.5 Å². The topological polar surface area (TPSA) is 71.5 Å². The molecule has 2 aliphatic rings. The van der Waals surface area contributed by atoms with Gasteiger partial charge in [0.05, 0.1) is 12.1 Å². The van der Waals surface area contributed by atoms with E-state index in [1.807, 2.05) is 37.3 Å². The highest BCUT2D eigenvalue weighted by atomic mass is 16.5. The van der Waals surface area contributed by atoms with Gasteiger partial charge < -0.3 is 15.2 Å². The fourth-order valence-corrected chi connectivity index (χ4v) is 4.55. The Labute approximate surface area is 169 Å². The van der Waals surface area contributed by atoms with Crippen molar-refractivity contribution in [1.29, 1.82) is 0 Å². The molecule has 5 nitrogen and oxygen atoms in total. The van der Waals surface area contributed by atoms with Crippen LogP contribution in [0.3, 0.4) is 0 Å². The lowest BCUT2D eigenvalue weighted by Gasteiger charge is -2.35. The molecule has 146 valence electrons. The van der Waals surface area contributed by atoms with Gasteiger partial charge in [-0.3, -0.25) is 9.78 Å². The zero-order valence-electron chi connectivity index (χ0n) is 16.2. The molecule has 0 saturated heterocycles.